The van der Waals surface area contributed by atoms with Gasteiger partial charge in [0, 0.05) is 25.5 Å². The molecule has 0 radical (unpaired) electrons. The number of ether oxygens (including phenoxy) is 1. The summed E-state index contributed by atoms with van der Waals surface area (Å²) < 4.78 is 33.0. The van der Waals surface area contributed by atoms with Crippen molar-refractivity contribution in [2.45, 2.75) is 17.3 Å². The molecule has 8 nitrogen and oxygen atoms in total. The van der Waals surface area contributed by atoms with Gasteiger partial charge in [0.2, 0.25) is 0 Å². The van der Waals surface area contributed by atoms with Gasteiger partial charge >= 0.3 is 5.97 Å². The minimum Gasteiger partial charge on any atom is -0.464 e. The van der Waals surface area contributed by atoms with E-state index in [1.165, 1.54) is 16.9 Å². The highest BCUT2D eigenvalue weighted by atomic mass is 32.2. The average Bonchev–Trinajstić information content (AvgIpc) is 3.14. The van der Waals surface area contributed by atoms with Crippen molar-refractivity contribution in [2.75, 3.05) is 13.7 Å². The zero-order valence-electron chi connectivity index (χ0n) is 11.1. The Morgan fingerprint density at radius 3 is 2.95 bits per heavy atom. The summed E-state index contributed by atoms with van der Waals surface area (Å²) >= 11 is 0.908. The number of sulfonamides is 1. The fraction of sp³-hybridized carbons (Fsp3) is 0.364. The average molecular weight is 328 g/mol. The number of fused-ring (bicyclic) bond motifs is 1. The summed E-state index contributed by atoms with van der Waals surface area (Å²) in [6.45, 7) is 1.03. The van der Waals surface area contributed by atoms with E-state index in [9.17, 15) is 13.2 Å². The van der Waals surface area contributed by atoms with Crippen LogP contribution in [0.15, 0.2) is 22.1 Å². The van der Waals surface area contributed by atoms with Gasteiger partial charge in [0.25, 0.3) is 10.0 Å². The van der Waals surface area contributed by atoms with E-state index in [1.54, 1.807) is 6.20 Å². The molecule has 1 aliphatic rings. The van der Waals surface area contributed by atoms with Crippen molar-refractivity contribution in [1.29, 1.82) is 0 Å². The molecule has 0 N–H and O–H groups in total. The SMILES string of the molecule is COC(=O)c1ncsc1S(=O)(=O)N1CCn2ccnc2C1. The molecule has 0 aliphatic carbocycles. The normalized spacial score (nSPS) is 15.7. The van der Waals surface area contributed by atoms with Gasteiger partial charge in [-0.25, -0.2) is 23.2 Å². The number of methoxy groups -OCH3 is 1. The molecule has 0 spiro atoms. The number of imidazole rings is 1. The first-order valence-corrected chi connectivity index (χ1v) is 8.38. The van der Waals surface area contributed by atoms with Crippen LogP contribution < -0.4 is 0 Å². The minimum atomic E-state index is -3.79. The number of carbonyl (C=O) groups is 1. The van der Waals surface area contributed by atoms with Crippen molar-refractivity contribution < 1.29 is 17.9 Å². The van der Waals surface area contributed by atoms with Crippen LogP contribution in [0.3, 0.4) is 0 Å². The van der Waals surface area contributed by atoms with Crippen molar-refractivity contribution in [3.63, 3.8) is 0 Å². The Morgan fingerprint density at radius 2 is 2.19 bits per heavy atom. The standard InChI is InChI=1S/C11H12N4O4S2/c1-19-10(16)9-11(20-7-13-9)21(17,18)15-5-4-14-3-2-12-8(14)6-15/h2-3,7H,4-6H2,1H3. The zero-order valence-corrected chi connectivity index (χ0v) is 12.7. The molecule has 2 aromatic heterocycles. The van der Waals surface area contributed by atoms with E-state index in [2.05, 4.69) is 14.7 Å². The molecule has 3 rings (SSSR count). The fourth-order valence-corrected chi connectivity index (χ4v) is 4.78. The molecule has 1 aliphatic heterocycles. The number of rotatable bonds is 3. The van der Waals surface area contributed by atoms with E-state index in [1.807, 2.05) is 10.8 Å². The molecule has 0 bridgehead atoms. The molecule has 0 saturated heterocycles. The van der Waals surface area contributed by atoms with Crippen LogP contribution in [0, 0.1) is 0 Å². The van der Waals surface area contributed by atoms with Crippen LogP contribution in [0.5, 0.6) is 0 Å². The van der Waals surface area contributed by atoms with Gasteiger partial charge in [-0.2, -0.15) is 4.31 Å². The van der Waals surface area contributed by atoms with Gasteiger partial charge in [0.1, 0.15) is 5.82 Å². The number of carbonyl (C=O) groups excluding carboxylic acids is 1. The number of nitrogens with zero attached hydrogens (tertiary/aromatic N) is 4. The maximum absolute atomic E-state index is 12.7. The van der Waals surface area contributed by atoms with Crippen LogP contribution in [0.1, 0.15) is 16.3 Å². The lowest BCUT2D eigenvalue weighted by molar-refractivity contribution is 0.0590. The predicted octanol–water partition coefficient (Wildman–Crippen LogP) is 0.331. The van der Waals surface area contributed by atoms with E-state index in [0.29, 0.717) is 18.9 Å². The third-order valence-corrected chi connectivity index (χ3v) is 6.39. The van der Waals surface area contributed by atoms with Crippen molar-refractivity contribution in [3.8, 4) is 0 Å². The molecule has 0 aromatic carbocycles. The molecule has 112 valence electrons. The van der Waals surface area contributed by atoms with Crippen LogP contribution in [0.2, 0.25) is 0 Å². The summed E-state index contributed by atoms with van der Waals surface area (Å²) in [4.78, 5) is 19.5. The first-order chi connectivity index (χ1) is 10.0. The summed E-state index contributed by atoms with van der Waals surface area (Å²) in [7, 11) is -2.60. The van der Waals surface area contributed by atoms with Gasteiger partial charge < -0.3 is 9.30 Å². The van der Waals surface area contributed by atoms with Crippen molar-refractivity contribution in [3.05, 3.63) is 29.4 Å². The fourth-order valence-electron chi connectivity index (χ4n) is 2.12. The first-order valence-electron chi connectivity index (χ1n) is 6.06. The Bertz CT molecular complexity index is 780. The Hall–Kier alpha value is -1.78. The topological polar surface area (TPSA) is 94.4 Å². The lowest BCUT2D eigenvalue weighted by Gasteiger charge is -2.26. The van der Waals surface area contributed by atoms with E-state index < -0.39 is 16.0 Å². The quantitative estimate of drug-likeness (QED) is 0.754. The molecule has 0 atom stereocenters. The van der Waals surface area contributed by atoms with E-state index in [-0.39, 0.29) is 16.4 Å². The molecule has 10 heteroatoms. The summed E-state index contributed by atoms with van der Waals surface area (Å²) in [6, 6.07) is 0. The van der Waals surface area contributed by atoms with Crippen LogP contribution in [0.25, 0.3) is 0 Å². The second-order valence-corrected chi connectivity index (χ2v) is 7.34. The Morgan fingerprint density at radius 1 is 1.38 bits per heavy atom. The lowest BCUT2D eigenvalue weighted by atomic mass is 10.4. The summed E-state index contributed by atoms with van der Waals surface area (Å²) in [5, 5.41) is 0. The highest BCUT2D eigenvalue weighted by Gasteiger charge is 2.34. The molecular weight excluding hydrogens is 316 g/mol. The zero-order chi connectivity index (χ0) is 15.0. The second-order valence-electron chi connectivity index (χ2n) is 4.36. The summed E-state index contributed by atoms with van der Waals surface area (Å²) in [5.41, 5.74) is 1.15. The van der Waals surface area contributed by atoms with Gasteiger partial charge in [-0.1, -0.05) is 0 Å². The highest BCUT2D eigenvalue weighted by Crippen LogP contribution is 2.27. The third kappa shape index (κ3) is 2.34. The molecule has 2 aromatic rings. The van der Waals surface area contributed by atoms with E-state index in [0.717, 1.165) is 11.3 Å². The summed E-state index contributed by atoms with van der Waals surface area (Å²) in [5.74, 6) is -0.0812. The molecule has 3 heterocycles. The first kappa shape index (κ1) is 14.2. The number of esters is 1. The van der Waals surface area contributed by atoms with Crippen LogP contribution in [0.4, 0.5) is 0 Å². The van der Waals surface area contributed by atoms with Gasteiger partial charge in [-0.3, -0.25) is 0 Å². The number of aromatic nitrogens is 3. The third-order valence-electron chi connectivity index (χ3n) is 3.20. The Balaban J connectivity index is 1.95. The van der Waals surface area contributed by atoms with E-state index in [4.69, 9.17) is 0 Å². The van der Waals surface area contributed by atoms with Gasteiger partial charge in [0.15, 0.2) is 9.90 Å². The smallest absolute Gasteiger partial charge is 0.358 e. The van der Waals surface area contributed by atoms with Crippen molar-refractivity contribution >= 4 is 27.3 Å². The maximum Gasteiger partial charge on any atom is 0.358 e. The number of hydrogen-bond acceptors (Lipinski definition) is 7. The van der Waals surface area contributed by atoms with Crippen LogP contribution in [-0.4, -0.2) is 46.9 Å². The molecular formula is C11H12N4O4S2. The molecule has 21 heavy (non-hydrogen) atoms. The van der Waals surface area contributed by atoms with Crippen molar-refractivity contribution in [1.82, 2.24) is 18.8 Å². The number of hydrogen-bond donors (Lipinski definition) is 0. The Kier molecular flexibility index (Phi) is 3.51. The maximum atomic E-state index is 12.7. The number of thiazole rings is 1. The molecule has 0 unspecified atom stereocenters. The monoisotopic (exact) mass is 328 g/mol. The summed E-state index contributed by atoms with van der Waals surface area (Å²) in [6.07, 6.45) is 3.45. The molecule has 0 fully saturated rings. The molecule has 0 amide bonds. The van der Waals surface area contributed by atoms with Crippen molar-refractivity contribution in [2.24, 2.45) is 0 Å². The lowest BCUT2D eigenvalue weighted by Crippen LogP contribution is -2.38. The van der Waals surface area contributed by atoms with Crippen LogP contribution >= 0.6 is 11.3 Å². The van der Waals surface area contributed by atoms with Crippen LogP contribution in [-0.2, 0) is 27.8 Å². The largest absolute Gasteiger partial charge is 0.464 e. The Labute approximate surface area is 125 Å². The van der Waals surface area contributed by atoms with Gasteiger partial charge in [-0.05, 0) is 0 Å². The predicted molar refractivity (Wildman–Crippen MR) is 73.3 cm³/mol. The van der Waals surface area contributed by atoms with Gasteiger partial charge in [0.05, 0.1) is 19.2 Å². The second kappa shape index (κ2) is 5.20. The van der Waals surface area contributed by atoms with Gasteiger partial charge in [-0.15, -0.1) is 11.3 Å². The highest BCUT2D eigenvalue weighted by molar-refractivity contribution is 7.91. The van der Waals surface area contributed by atoms with E-state index >= 15 is 0 Å². The minimum absolute atomic E-state index is 0.0886. The molecule has 0 saturated carbocycles.